The Balaban J connectivity index is 2.45. The Bertz CT molecular complexity index is 487. The summed E-state index contributed by atoms with van der Waals surface area (Å²) < 4.78 is 0. The molecule has 0 atom stereocenters. The topological polar surface area (TPSA) is 78.4 Å². The van der Waals surface area contributed by atoms with Crippen molar-refractivity contribution in [1.82, 2.24) is 25.1 Å². The first-order valence-corrected chi connectivity index (χ1v) is 7.43. The third kappa shape index (κ3) is 6.17. The number of likely N-dealkylation sites (N-methyl/N-ethyl adjacent to an activating group) is 1. The SMILES string of the molecule is CCN(CCC(=O)NCCN(C)C)C(=O)c1cnc(C)cn1. The van der Waals surface area contributed by atoms with E-state index in [1.807, 2.05) is 32.8 Å². The summed E-state index contributed by atoms with van der Waals surface area (Å²) in [5.74, 6) is -0.251. The zero-order valence-corrected chi connectivity index (χ0v) is 13.8. The standard InChI is InChI=1S/C15H25N5O2/c1-5-20(8-6-14(21)16-7-9-19(3)4)15(22)13-11-17-12(2)10-18-13/h10-11H,5-9H2,1-4H3,(H,16,21). The highest BCUT2D eigenvalue weighted by Crippen LogP contribution is 2.02. The maximum atomic E-state index is 12.3. The summed E-state index contributed by atoms with van der Waals surface area (Å²) in [4.78, 5) is 35.8. The molecule has 1 rings (SSSR count). The summed E-state index contributed by atoms with van der Waals surface area (Å²) in [7, 11) is 3.90. The van der Waals surface area contributed by atoms with E-state index in [-0.39, 0.29) is 18.2 Å². The number of aromatic nitrogens is 2. The van der Waals surface area contributed by atoms with Crippen molar-refractivity contribution < 1.29 is 9.59 Å². The molecule has 1 N–H and O–H groups in total. The lowest BCUT2D eigenvalue weighted by Crippen LogP contribution is -2.37. The maximum absolute atomic E-state index is 12.3. The van der Waals surface area contributed by atoms with Gasteiger partial charge in [0.15, 0.2) is 0 Å². The van der Waals surface area contributed by atoms with Gasteiger partial charge in [-0.3, -0.25) is 14.6 Å². The highest BCUT2D eigenvalue weighted by atomic mass is 16.2. The molecule has 7 nitrogen and oxygen atoms in total. The first kappa shape index (κ1) is 18.0. The number of hydrogen-bond donors (Lipinski definition) is 1. The second-order valence-electron chi connectivity index (χ2n) is 5.33. The predicted octanol–water partition coefficient (Wildman–Crippen LogP) is 0.315. The minimum atomic E-state index is -0.198. The number of carbonyl (C=O) groups excluding carboxylic acids is 2. The fraction of sp³-hybridized carbons (Fsp3) is 0.600. The van der Waals surface area contributed by atoms with E-state index >= 15 is 0 Å². The van der Waals surface area contributed by atoms with Crippen molar-refractivity contribution in [1.29, 1.82) is 0 Å². The number of rotatable bonds is 8. The van der Waals surface area contributed by atoms with Crippen molar-refractivity contribution in [3.05, 3.63) is 23.8 Å². The molecule has 1 aromatic rings. The minimum absolute atomic E-state index is 0.0527. The van der Waals surface area contributed by atoms with Crippen molar-refractivity contribution in [3.8, 4) is 0 Å². The van der Waals surface area contributed by atoms with Crippen LogP contribution in [0.25, 0.3) is 0 Å². The number of nitrogens with zero attached hydrogens (tertiary/aromatic N) is 4. The molecular weight excluding hydrogens is 282 g/mol. The van der Waals surface area contributed by atoms with Gasteiger partial charge in [-0.05, 0) is 27.9 Å². The summed E-state index contributed by atoms with van der Waals surface area (Å²) in [5.41, 5.74) is 1.07. The van der Waals surface area contributed by atoms with Crippen LogP contribution in [-0.2, 0) is 4.79 Å². The molecule has 2 amide bonds. The molecule has 0 aromatic carbocycles. The quantitative estimate of drug-likeness (QED) is 0.748. The van der Waals surface area contributed by atoms with E-state index in [0.29, 0.717) is 25.3 Å². The molecule has 0 bridgehead atoms. The van der Waals surface area contributed by atoms with Gasteiger partial charge in [0, 0.05) is 38.8 Å². The van der Waals surface area contributed by atoms with Gasteiger partial charge >= 0.3 is 0 Å². The molecule has 0 aliphatic carbocycles. The van der Waals surface area contributed by atoms with Crippen molar-refractivity contribution in [2.24, 2.45) is 0 Å². The van der Waals surface area contributed by atoms with E-state index in [0.717, 1.165) is 12.2 Å². The number of hydrogen-bond acceptors (Lipinski definition) is 5. The fourth-order valence-corrected chi connectivity index (χ4v) is 1.81. The lowest BCUT2D eigenvalue weighted by Gasteiger charge is -2.20. The Labute approximate surface area is 131 Å². The molecule has 7 heteroatoms. The van der Waals surface area contributed by atoms with Gasteiger partial charge in [0.25, 0.3) is 5.91 Å². The largest absolute Gasteiger partial charge is 0.355 e. The van der Waals surface area contributed by atoms with E-state index in [1.165, 1.54) is 6.20 Å². The summed E-state index contributed by atoms with van der Waals surface area (Å²) in [6, 6.07) is 0. The first-order valence-electron chi connectivity index (χ1n) is 7.43. The van der Waals surface area contributed by atoms with Crippen LogP contribution < -0.4 is 5.32 Å². The Morgan fingerprint density at radius 1 is 1.18 bits per heavy atom. The van der Waals surface area contributed by atoms with Gasteiger partial charge in [0.2, 0.25) is 5.91 Å². The van der Waals surface area contributed by atoms with Crippen LogP contribution in [0.2, 0.25) is 0 Å². The van der Waals surface area contributed by atoms with E-state index in [4.69, 9.17) is 0 Å². The van der Waals surface area contributed by atoms with Crippen molar-refractivity contribution in [2.75, 3.05) is 40.3 Å². The van der Waals surface area contributed by atoms with Crippen LogP contribution in [0.5, 0.6) is 0 Å². The molecule has 1 heterocycles. The van der Waals surface area contributed by atoms with Crippen LogP contribution in [0.15, 0.2) is 12.4 Å². The molecule has 0 aliphatic heterocycles. The van der Waals surface area contributed by atoms with E-state index in [1.54, 1.807) is 11.1 Å². The molecular formula is C15H25N5O2. The number of carbonyl (C=O) groups is 2. The molecule has 0 radical (unpaired) electrons. The zero-order chi connectivity index (χ0) is 16.5. The molecule has 1 aromatic heterocycles. The molecule has 22 heavy (non-hydrogen) atoms. The van der Waals surface area contributed by atoms with Gasteiger partial charge in [0.05, 0.1) is 11.9 Å². The number of amides is 2. The Kier molecular flexibility index (Phi) is 7.45. The van der Waals surface area contributed by atoms with Gasteiger partial charge in [-0.15, -0.1) is 0 Å². The van der Waals surface area contributed by atoms with E-state index in [9.17, 15) is 9.59 Å². The third-order valence-corrected chi connectivity index (χ3v) is 3.16. The van der Waals surface area contributed by atoms with Crippen LogP contribution in [0.3, 0.4) is 0 Å². The normalized spacial score (nSPS) is 10.6. The Morgan fingerprint density at radius 2 is 1.91 bits per heavy atom. The minimum Gasteiger partial charge on any atom is -0.355 e. The van der Waals surface area contributed by atoms with Gasteiger partial charge in [-0.2, -0.15) is 0 Å². The molecule has 0 aliphatic rings. The average Bonchev–Trinajstić information content (AvgIpc) is 2.48. The highest BCUT2D eigenvalue weighted by Gasteiger charge is 2.16. The highest BCUT2D eigenvalue weighted by molar-refractivity contribution is 5.92. The monoisotopic (exact) mass is 307 g/mol. The molecule has 122 valence electrons. The zero-order valence-electron chi connectivity index (χ0n) is 13.8. The van der Waals surface area contributed by atoms with E-state index < -0.39 is 0 Å². The van der Waals surface area contributed by atoms with E-state index in [2.05, 4.69) is 15.3 Å². The predicted molar refractivity (Wildman–Crippen MR) is 84.5 cm³/mol. The summed E-state index contributed by atoms with van der Waals surface area (Å²) in [6.07, 6.45) is 3.32. The van der Waals surface area contributed by atoms with Crippen molar-refractivity contribution in [2.45, 2.75) is 20.3 Å². The molecule has 0 saturated carbocycles. The fourth-order valence-electron chi connectivity index (χ4n) is 1.81. The van der Waals surface area contributed by atoms with Crippen LogP contribution >= 0.6 is 0 Å². The van der Waals surface area contributed by atoms with Crippen LogP contribution in [0.1, 0.15) is 29.5 Å². The molecule has 0 spiro atoms. The second-order valence-corrected chi connectivity index (χ2v) is 5.33. The van der Waals surface area contributed by atoms with Gasteiger partial charge in [-0.1, -0.05) is 0 Å². The van der Waals surface area contributed by atoms with Crippen LogP contribution in [0.4, 0.5) is 0 Å². The number of nitrogens with one attached hydrogen (secondary N) is 1. The van der Waals surface area contributed by atoms with Crippen LogP contribution in [0, 0.1) is 6.92 Å². The smallest absolute Gasteiger partial charge is 0.274 e. The molecule has 0 unspecified atom stereocenters. The summed E-state index contributed by atoms with van der Waals surface area (Å²) in [5, 5.41) is 2.83. The summed E-state index contributed by atoms with van der Waals surface area (Å²) >= 11 is 0. The first-order chi connectivity index (χ1) is 10.4. The Hall–Kier alpha value is -2.02. The molecule has 0 saturated heterocycles. The van der Waals surface area contributed by atoms with Gasteiger partial charge in [-0.25, -0.2) is 4.98 Å². The second kappa shape index (κ2) is 9.09. The van der Waals surface area contributed by atoms with Crippen molar-refractivity contribution >= 4 is 11.8 Å². The average molecular weight is 307 g/mol. The lowest BCUT2D eigenvalue weighted by molar-refractivity contribution is -0.121. The Morgan fingerprint density at radius 3 is 2.45 bits per heavy atom. The van der Waals surface area contributed by atoms with Gasteiger partial charge < -0.3 is 15.1 Å². The van der Waals surface area contributed by atoms with Gasteiger partial charge in [0.1, 0.15) is 5.69 Å². The lowest BCUT2D eigenvalue weighted by atomic mass is 10.3. The van der Waals surface area contributed by atoms with Crippen molar-refractivity contribution in [3.63, 3.8) is 0 Å². The summed E-state index contributed by atoms with van der Waals surface area (Å²) in [6.45, 7) is 5.99. The number of aryl methyl sites for hydroxylation is 1. The van der Waals surface area contributed by atoms with Crippen LogP contribution in [-0.4, -0.2) is 71.9 Å². The molecule has 0 fully saturated rings. The third-order valence-electron chi connectivity index (χ3n) is 3.16. The maximum Gasteiger partial charge on any atom is 0.274 e.